The summed E-state index contributed by atoms with van der Waals surface area (Å²) in [5.74, 6) is 0.703. The Kier molecular flexibility index (Phi) is 2.30. The van der Waals surface area contributed by atoms with Crippen LogP contribution in [-0.2, 0) is 9.53 Å². The predicted octanol–water partition coefficient (Wildman–Crippen LogP) is 1.88. The molecule has 4 heteroatoms. The van der Waals surface area contributed by atoms with Crippen LogP contribution in [0.2, 0.25) is 0 Å². The van der Waals surface area contributed by atoms with E-state index in [2.05, 4.69) is 12.2 Å². The Hall–Kier alpha value is -1.06. The minimum Gasteiger partial charge on any atom is -0.444 e. The molecule has 0 saturated heterocycles. The van der Waals surface area contributed by atoms with Crippen molar-refractivity contribution in [3.05, 3.63) is 0 Å². The number of hydrogen-bond acceptors (Lipinski definition) is 3. The second-order valence-electron chi connectivity index (χ2n) is 5.97. The SMILES string of the molecule is CC1CC12C(=O)CC2NC(=O)OC(C)(C)C. The zero-order valence-electron chi connectivity index (χ0n) is 10.3. The lowest BCUT2D eigenvalue weighted by atomic mass is 9.73. The highest BCUT2D eigenvalue weighted by atomic mass is 16.6. The fraction of sp³-hybridized carbons (Fsp3) is 0.833. The van der Waals surface area contributed by atoms with Crippen LogP contribution in [0.25, 0.3) is 0 Å². The number of ketones is 1. The molecule has 0 radical (unpaired) electrons. The molecule has 2 fully saturated rings. The maximum absolute atomic E-state index is 11.5. The standard InChI is InChI=1S/C12H19NO3/c1-7-6-12(7)8(5-9(12)14)13-10(15)16-11(2,3)4/h7-8H,5-6H2,1-4H3,(H,13,15). The molecule has 1 spiro atoms. The molecule has 90 valence electrons. The zero-order chi connectivity index (χ0) is 12.1. The number of ether oxygens (including phenoxy) is 1. The second kappa shape index (κ2) is 3.22. The molecule has 16 heavy (non-hydrogen) atoms. The van der Waals surface area contributed by atoms with Gasteiger partial charge in [-0.3, -0.25) is 4.79 Å². The molecule has 2 saturated carbocycles. The number of hydrogen-bond donors (Lipinski definition) is 1. The first-order valence-electron chi connectivity index (χ1n) is 5.78. The van der Waals surface area contributed by atoms with E-state index < -0.39 is 11.7 Å². The highest BCUT2D eigenvalue weighted by Crippen LogP contribution is 2.62. The average Bonchev–Trinajstić information content (AvgIpc) is 2.77. The van der Waals surface area contributed by atoms with Gasteiger partial charge in [-0.05, 0) is 33.1 Å². The molecule has 0 aromatic carbocycles. The number of rotatable bonds is 1. The first-order valence-corrected chi connectivity index (χ1v) is 5.78. The van der Waals surface area contributed by atoms with E-state index >= 15 is 0 Å². The van der Waals surface area contributed by atoms with E-state index in [1.807, 2.05) is 20.8 Å². The molecule has 3 atom stereocenters. The highest BCUT2D eigenvalue weighted by molar-refractivity contribution is 5.96. The predicted molar refractivity (Wildman–Crippen MR) is 59.0 cm³/mol. The second-order valence-corrected chi connectivity index (χ2v) is 5.97. The molecule has 0 heterocycles. The number of Topliss-reactive ketones (excluding diaryl/α,β-unsaturated/α-hetero) is 1. The van der Waals surface area contributed by atoms with Crippen LogP contribution < -0.4 is 5.32 Å². The van der Waals surface area contributed by atoms with Gasteiger partial charge in [0.1, 0.15) is 11.4 Å². The van der Waals surface area contributed by atoms with Crippen molar-refractivity contribution in [2.75, 3.05) is 0 Å². The van der Waals surface area contributed by atoms with Crippen molar-refractivity contribution in [3.63, 3.8) is 0 Å². The minimum absolute atomic E-state index is 0.00940. The number of alkyl carbamates (subject to hydrolysis) is 1. The van der Waals surface area contributed by atoms with Crippen molar-refractivity contribution < 1.29 is 14.3 Å². The van der Waals surface area contributed by atoms with Crippen LogP contribution in [0.3, 0.4) is 0 Å². The smallest absolute Gasteiger partial charge is 0.407 e. The monoisotopic (exact) mass is 225 g/mol. The van der Waals surface area contributed by atoms with Gasteiger partial charge in [-0.15, -0.1) is 0 Å². The van der Waals surface area contributed by atoms with Crippen LogP contribution in [0.1, 0.15) is 40.5 Å². The van der Waals surface area contributed by atoms with E-state index in [1.54, 1.807) is 0 Å². The number of amides is 1. The van der Waals surface area contributed by atoms with Crippen LogP contribution in [-0.4, -0.2) is 23.5 Å². The van der Waals surface area contributed by atoms with Gasteiger partial charge < -0.3 is 10.1 Å². The maximum Gasteiger partial charge on any atom is 0.407 e. The summed E-state index contributed by atoms with van der Waals surface area (Å²) in [6.45, 7) is 7.54. The lowest BCUT2D eigenvalue weighted by molar-refractivity contribution is -0.134. The Labute approximate surface area is 95.7 Å². The summed E-state index contributed by atoms with van der Waals surface area (Å²) in [5.41, 5.74) is -0.725. The third-order valence-electron chi connectivity index (χ3n) is 3.58. The van der Waals surface area contributed by atoms with Gasteiger partial charge in [-0.1, -0.05) is 6.92 Å². The van der Waals surface area contributed by atoms with Crippen LogP contribution in [0, 0.1) is 11.3 Å². The van der Waals surface area contributed by atoms with E-state index in [4.69, 9.17) is 4.74 Å². The van der Waals surface area contributed by atoms with E-state index in [0.29, 0.717) is 18.1 Å². The van der Waals surface area contributed by atoms with E-state index in [9.17, 15) is 9.59 Å². The molecular formula is C12H19NO3. The molecule has 0 aliphatic heterocycles. The van der Waals surface area contributed by atoms with Crippen molar-refractivity contribution in [3.8, 4) is 0 Å². The number of nitrogens with one attached hydrogen (secondary N) is 1. The van der Waals surface area contributed by atoms with Gasteiger partial charge in [0.05, 0.1) is 11.5 Å². The molecule has 4 nitrogen and oxygen atoms in total. The topological polar surface area (TPSA) is 55.4 Å². The van der Waals surface area contributed by atoms with Gasteiger partial charge >= 0.3 is 6.09 Å². The van der Waals surface area contributed by atoms with Gasteiger partial charge in [-0.2, -0.15) is 0 Å². The third-order valence-corrected chi connectivity index (χ3v) is 3.58. The van der Waals surface area contributed by atoms with Crippen molar-refractivity contribution in [1.82, 2.24) is 5.32 Å². The summed E-state index contributed by atoms with van der Waals surface area (Å²) >= 11 is 0. The molecule has 1 N–H and O–H groups in total. The Balaban J connectivity index is 1.88. The van der Waals surface area contributed by atoms with Crippen LogP contribution in [0.4, 0.5) is 4.79 Å². The summed E-state index contributed by atoms with van der Waals surface area (Å²) in [4.78, 5) is 23.1. The average molecular weight is 225 g/mol. The molecule has 2 aliphatic carbocycles. The van der Waals surface area contributed by atoms with Gasteiger partial charge in [0.15, 0.2) is 0 Å². The molecule has 1 amide bonds. The summed E-state index contributed by atoms with van der Waals surface area (Å²) in [5, 5.41) is 2.80. The van der Waals surface area contributed by atoms with Crippen LogP contribution in [0.15, 0.2) is 0 Å². The minimum atomic E-state index is -0.486. The number of carbonyl (C=O) groups is 2. The van der Waals surface area contributed by atoms with Crippen molar-refractivity contribution in [1.29, 1.82) is 0 Å². The normalized spacial score (nSPS) is 36.9. The van der Waals surface area contributed by atoms with E-state index in [-0.39, 0.29) is 11.5 Å². The number of carbonyl (C=O) groups excluding carboxylic acids is 2. The first-order chi connectivity index (χ1) is 7.25. The Bertz CT molecular complexity index is 345. The fourth-order valence-corrected chi connectivity index (χ4v) is 2.57. The van der Waals surface area contributed by atoms with Gasteiger partial charge in [0.2, 0.25) is 0 Å². The molecule has 2 aliphatic rings. The Morgan fingerprint density at radius 3 is 2.44 bits per heavy atom. The molecule has 0 bridgehead atoms. The lowest BCUT2D eigenvalue weighted by Gasteiger charge is -2.37. The van der Waals surface area contributed by atoms with Gasteiger partial charge in [0, 0.05) is 6.42 Å². The summed E-state index contributed by atoms with van der Waals surface area (Å²) in [6, 6.07) is -0.00940. The van der Waals surface area contributed by atoms with Crippen molar-refractivity contribution >= 4 is 11.9 Å². The van der Waals surface area contributed by atoms with Crippen molar-refractivity contribution in [2.45, 2.75) is 52.2 Å². The Morgan fingerprint density at radius 2 is 2.06 bits per heavy atom. The lowest BCUT2D eigenvalue weighted by Crippen LogP contribution is -2.56. The van der Waals surface area contributed by atoms with Crippen molar-refractivity contribution in [2.24, 2.45) is 11.3 Å². The largest absolute Gasteiger partial charge is 0.444 e. The molecule has 3 unspecified atom stereocenters. The van der Waals surface area contributed by atoms with Gasteiger partial charge in [-0.25, -0.2) is 4.79 Å². The molecule has 0 aromatic heterocycles. The van der Waals surface area contributed by atoms with Crippen LogP contribution >= 0.6 is 0 Å². The van der Waals surface area contributed by atoms with Gasteiger partial charge in [0.25, 0.3) is 0 Å². The van der Waals surface area contributed by atoms with E-state index in [1.165, 1.54) is 0 Å². The molecule has 2 rings (SSSR count). The third kappa shape index (κ3) is 1.70. The Morgan fingerprint density at radius 1 is 1.50 bits per heavy atom. The molecule has 0 aromatic rings. The first kappa shape index (κ1) is 11.4. The van der Waals surface area contributed by atoms with Crippen LogP contribution in [0.5, 0.6) is 0 Å². The summed E-state index contributed by atoms with van der Waals surface area (Å²) in [7, 11) is 0. The maximum atomic E-state index is 11.5. The molecular weight excluding hydrogens is 206 g/mol. The summed E-state index contributed by atoms with van der Waals surface area (Å²) in [6.07, 6.45) is 0.957. The highest BCUT2D eigenvalue weighted by Gasteiger charge is 2.68. The summed E-state index contributed by atoms with van der Waals surface area (Å²) < 4.78 is 5.17. The quantitative estimate of drug-likeness (QED) is 0.741. The zero-order valence-corrected chi connectivity index (χ0v) is 10.3. The fourth-order valence-electron chi connectivity index (χ4n) is 2.57. The van der Waals surface area contributed by atoms with E-state index in [0.717, 1.165) is 6.42 Å².